The minimum Gasteiger partial charge on any atom is -0.497 e. The quantitative estimate of drug-likeness (QED) is 0.120. The second-order valence-electron chi connectivity index (χ2n) is 17.0. The van der Waals surface area contributed by atoms with Crippen LogP contribution in [0.2, 0.25) is 0 Å². The maximum Gasteiger partial charge on any atom is 0.242 e. The van der Waals surface area contributed by atoms with Crippen molar-refractivity contribution in [1.82, 2.24) is 30.0 Å². The van der Waals surface area contributed by atoms with E-state index in [-0.39, 0.29) is 24.3 Å². The van der Waals surface area contributed by atoms with Crippen molar-refractivity contribution in [3.8, 4) is 23.3 Å². The van der Waals surface area contributed by atoms with Gasteiger partial charge < -0.3 is 18.9 Å². The van der Waals surface area contributed by atoms with Crippen LogP contribution in [0.25, 0.3) is 32.6 Å². The van der Waals surface area contributed by atoms with E-state index in [2.05, 4.69) is 72.2 Å². The Morgan fingerprint density at radius 3 is 1.47 bits per heavy atom. The topological polar surface area (TPSA) is 95.0 Å². The molecule has 9 heterocycles. The lowest BCUT2D eigenvalue weighted by molar-refractivity contribution is -0.0505. The number of fused-ring (bicyclic) bond motifs is 9. The number of methoxy groups -OCH3 is 2. The maximum atomic E-state index is 7.30. The molecule has 58 heavy (non-hydrogen) atoms. The smallest absolute Gasteiger partial charge is 0.242 e. The fourth-order valence-electron chi connectivity index (χ4n) is 11.1. The fourth-order valence-corrected chi connectivity index (χ4v) is 11.1. The molecular weight excluding hydrogens is 725 g/mol. The largest absolute Gasteiger partial charge is 0.497 e. The molecule has 12 rings (SSSR count). The SMILES string of the molecule is CCC1CN2CCC1C[C@H]2[C@@H](Oc1nnc(O[C@@H](c2ccnc3ccc(OC)cc23)[C@@H]2CC3CCN2CC3CC)c2ccccc12)c1ccnc2ccc(OC)cc12. The van der Waals surface area contributed by atoms with Gasteiger partial charge in [0.05, 0.1) is 48.1 Å². The van der Waals surface area contributed by atoms with Crippen molar-refractivity contribution in [1.29, 1.82) is 0 Å². The zero-order valence-corrected chi connectivity index (χ0v) is 34.1. The first-order valence-electron chi connectivity index (χ1n) is 21.5. The van der Waals surface area contributed by atoms with E-state index in [1.54, 1.807) is 14.2 Å². The van der Waals surface area contributed by atoms with E-state index in [1.807, 2.05) is 36.7 Å². The van der Waals surface area contributed by atoms with Crippen molar-refractivity contribution in [2.45, 2.75) is 76.7 Å². The van der Waals surface area contributed by atoms with E-state index in [0.29, 0.717) is 35.4 Å². The van der Waals surface area contributed by atoms with E-state index in [4.69, 9.17) is 39.1 Å². The second kappa shape index (κ2) is 15.6. The predicted octanol–water partition coefficient (Wildman–Crippen LogP) is 9.22. The number of rotatable bonds is 12. The molecule has 4 bridgehead atoms. The highest BCUT2D eigenvalue weighted by molar-refractivity contribution is 5.91. The summed E-state index contributed by atoms with van der Waals surface area (Å²) in [5.41, 5.74) is 4.01. The first kappa shape index (κ1) is 37.2. The van der Waals surface area contributed by atoms with E-state index in [1.165, 1.54) is 25.7 Å². The van der Waals surface area contributed by atoms with E-state index < -0.39 is 0 Å². The van der Waals surface area contributed by atoms with Gasteiger partial charge in [-0.3, -0.25) is 19.8 Å². The molecule has 0 saturated carbocycles. The number of pyridine rings is 2. The van der Waals surface area contributed by atoms with E-state index in [0.717, 1.165) is 94.2 Å². The zero-order valence-electron chi connectivity index (χ0n) is 34.1. The Morgan fingerprint density at radius 1 is 0.603 bits per heavy atom. The summed E-state index contributed by atoms with van der Waals surface area (Å²) in [6.45, 7) is 9.00. The van der Waals surface area contributed by atoms with Crippen molar-refractivity contribution < 1.29 is 18.9 Å². The van der Waals surface area contributed by atoms with Gasteiger partial charge in [0, 0.05) is 47.4 Å². The summed E-state index contributed by atoms with van der Waals surface area (Å²) < 4.78 is 26.0. The van der Waals surface area contributed by atoms with Crippen LogP contribution >= 0.6 is 0 Å². The minimum atomic E-state index is -0.300. The monoisotopic (exact) mass is 778 g/mol. The molecule has 6 unspecified atom stereocenters. The predicted molar refractivity (Wildman–Crippen MR) is 227 cm³/mol. The fraction of sp³-hybridized carbons (Fsp3) is 0.458. The summed E-state index contributed by atoms with van der Waals surface area (Å²) >= 11 is 0. The summed E-state index contributed by atoms with van der Waals surface area (Å²) in [5, 5.41) is 13.7. The standard InChI is InChI=1S/C48H54N6O4/c1-5-29-27-53-21-17-31(29)23-43(53)45(35-15-19-49-41-13-11-33(55-3)25-39(35)41)57-47-37-9-7-8-10-38(37)48(52-51-47)58-46(44-24-32-18-22-54(44)28-30(32)6-2)36-16-20-50-42-14-12-34(56-4)26-40(36)42/h7-16,19-20,25-26,29-32,43-46H,5-6,17-18,21-24,27-28H2,1-4H3/t29?,30?,31?,32?,43-,44-,45-,46-/m0/s1. The van der Waals surface area contributed by atoms with Crippen LogP contribution in [0.5, 0.6) is 23.3 Å². The van der Waals surface area contributed by atoms with Crippen LogP contribution in [0.1, 0.15) is 75.7 Å². The molecule has 0 N–H and O–H groups in total. The molecule has 6 saturated heterocycles. The molecule has 10 nitrogen and oxygen atoms in total. The number of hydrogen-bond donors (Lipinski definition) is 0. The minimum absolute atomic E-state index is 0.180. The third-order valence-corrected chi connectivity index (χ3v) is 14.3. The number of ether oxygens (including phenoxy) is 4. The van der Waals surface area contributed by atoms with Gasteiger partial charge in [-0.05, 0) is 123 Å². The lowest BCUT2D eigenvalue weighted by atomic mass is 9.72. The van der Waals surface area contributed by atoms with Gasteiger partial charge in [0.1, 0.15) is 23.7 Å². The Labute approximate surface area is 340 Å². The van der Waals surface area contributed by atoms with Crippen LogP contribution in [0, 0.1) is 23.7 Å². The van der Waals surface area contributed by atoms with Crippen molar-refractivity contribution in [2.24, 2.45) is 23.7 Å². The lowest BCUT2D eigenvalue weighted by Gasteiger charge is -2.52. The Morgan fingerprint density at radius 2 is 1.07 bits per heavy atom. The molecule has 10 atom stereocenters. The lowest BCUT2D eigenvalue weighted by Crippen LogP contribution is -2.56. The Hall–Kier alpha value is -5.06. The highest BCUT2D eigenvalue weighted by Crippen LogP contribution is 2.47. The molecule has 3 aromatic heterocycles. The second-order valence-corrected chi connectivity index (χ2v) is 17.0. The van der Waals surface area contributed by atoms with Gasteiger partial charge in [0.25, 0.3) is 0 Å². The number of nitrogens with zero attached hydrogens (tertiary/aromatic N) is 6. The van der Waals surface area contributed by atoms with Crippen molar-refractivity contribution in [3.63, 3.8) is 0 Å². The summed E-state index contributed by atoms with van der Waals surface area (Å²) in [5.74, 6) is 5.39. The van der Waals surface area contributed by atoms with Gasteiger partial charge in [-0.15, -0.1) is 10.2 Å². The van der Waals surface area contributed by atoms with Gasteiger partial charge in [0.2, 0.25) is 11.8 Å². The molecule has 10 heteroatoms. The van der Waals surface area contributed by atoms with Crippen LogP contribution in [-0.2, 0) is 0 Å². The van der Waals surface area contributed by atoms with Crippen molar-refractivity contribution >= 4 is 32.6 Å². The highest BCUT2D eigenvalue weighted by atomic mass is 16.5. The van der Waals surface area contributed by atoms with Crippen LogP contribution in [0.4, 0.5) is 0 Å². The molecule has 0 amide bonds. The molecule has 6 aliphatic rings. The van der Waals surface area contributed by atoms with Crippen LogP contribution < -0.4 is 18.9 Å². The van der Waals surface area contributed by atoms with Gasteiger partial charge in [-0.2, -0.15) is 0 Å². The third-order valence-electron chi connectivity index (χ3n) is 14.3. The summed E-state index contributed by atoms with van der Waals surface area (Å²) in [4.78, 5) is 14.8. The average molecular weight is 779 g/mol. The van der Waals surface area contributed by atoms with Crippen molar-refractivity contribution in [3.05, 3.63) is 96.3 Å². The average Bonchev–Trinajstić information content (AvgIpc) is 3.29. The number of benzene rings is 3. The van der Waals surface area contributed by atoms with Crippen molar-refractivity contribution in [2.75, 3.05) is 40.4 Å². The third kappa shape index (κ3) is 6.58. The van der Waals surface area contributed by atoms with Crippen LogP contribution in [0.15, 0.2) is 85.2 Å². The Kier molecular flexibility index (Phi) is 10.0. The van der Waals surface area contributed by atoms with Gasteiger partial charge in [-0.1, -0.05) is 38.8 Å². The normalized spacial score (nSPS) is 27.4. The Balaban J connectivity index is 1.06. The maximum absolute atomic E-state index is 7.30. The first-order valence-corrected chi connectivity index (χ1v) is 21.5. The Bertz CT molecular complexity index is 2280. The number of hydrogen-bond acceptors (Lipinski definition) is 10. The molecule has 6 aromatic rings. The molecule has 0 spiro atoms. The molecule has 6 fully saturated rings. The molecule has 0 aliphatic carbocycles. The van der Waals surface area contributed by atoms with E-state index in [9.17, 15) is 0 Å². The van der Waals surface area contributed by atoms with Gasteiger partial charge in [-0.25, -0.2) is 0 Å². The summed E-state index contributed by atoms with van der Waals surface area (Å²) in [6.07, 6.45) is 10.2. The van der Waals surface area contributed by atoms with Gasteiger partial charge >= 0.3 is 0 Å². The molecule has 0 radical (unpaired) electrons. The molecule has 6 aliphatic heterocycles. The van der Waals surface area contributed by atoms with Gasteiger partial charge in [0.15, 0.2) is 0 Å². The summed E-state index contributed by atoms with van der Waals surface area (Å²) in [7, 11) is 3.42. The number of piperidine rings is 6. The summed E-state index contributed by atoms with van der Waals surface area (Å²) in [6, 6.07) is 25.1. The van der Waals surface area contributed by atoms with E-state index >= 15 is 0 Å². The molecule has 300 valence electrons. The molecular formula is C48H54N6O4. The zero-order chi connectivity index (χ0) is 39.3. The van der Waals surface area contributed by atoms with Crippen LogP contribution in [-0.4, -0.2) is 82.4 Å². The first-order chi connectivity index (χ1) is 28.5. The number of aromatic nitrogens is 4. The molecule has 3 aromatic carbocycles. The highest BCUT2D eigenvalue weighted by Gasteiger charge is 2.46. The van der Waals surface area contributed by atoms with Crippen LogP contribution in [0.3, 0.4) is 0 Å².